The smallest absolute Gasteiger partial charge is 0.143 e. The molecule has 274 valence electrons. The molecule has 2 aromatic heterocycles. The van der Waals surface area contributed by atoms with E-state index in [0.717, 1.165) is 77.6 Å². The lowest BCUT2D eigenvalue weighted by Gasteiger charge is -2.27. The number of benzene rings is 9. The Morgan fingerprint density at radius 2 is 0.983 bits per heavy atom. The van der Waals surface area contributed by atoms with E-state index in [1.165, 1.54) is 32.3 Å². The highest BCUT2D eigenvalue weighted by Crippen LogP contribution is 2.41. The summed E-state index contributed by atoms with van der Waals surface area (Å²) in [6.45, 7) is 4.16. The first-order valence-corrected chi connectivity index (χ1v) is 19.8. The van der Waals surface area contributed by atoms with E-state index in [0.29, 0.717) is 6.42 Å². The monoisotopic (exact) mass is 743 g/mol. The van der Waals surface area contributed by atoms with Crippen LogP contribution in [-0.2, 0) is 6.42 Å². The number of hydrogen-bond donors (Lipinski definition) is 0. The van der Waals surface area contributed by atoms with E-state index in [1.807, 2.05) is 30.3 Å². The van der Waals surface area contributed by atoms with Crippen molar-refractivity contribution in [1.82, 2.24) is 0 Å². The first kappa shape index (κ1) is 33.7. The molecule has 0 fully saturated rings. The summed E-state index contributed by atoms with van der Waals surface area (Å²) in [7, 11) is 0. The number of allylic oxidation sites excluding steroid dienone is 4. The van der Waals surface area contributed by atoms with Gasteiger partial charge in [0.15, 0.2) is 0 Å². The molecule has 0 aliphatic carbocycles. The van der Waals surface area contributed by atoms with Gasteiger partial charge in [0, 0.05) is 44.2 Å². The van der Waals surface area contributed by atoms with Crippen LogP contribution >= 0.6 is 0 Å². The number of hydrogen-bond acceptors (Lipinski definition) is 3. The van der Waals surface area contributed by atoms with Crippen LogP contribution in [-0.4, -0.2) is 0 Å². The summed E-state index contributed by atoms with van der Waals surface area (Å²) in [5.74, 6) is 0. The molecule has 11 rings (SSSR count). The number of anilines is 2. The lowest BCUT2D eigenvalue weighted by Crippen LogP contribution is -2.15. The predicted octanol–water partition coefficient (Wildman–Crippen LogP) is 15.6. The molecule has 0 aliphatic heterocycles. The molecule has 3 nitrogen and oxygen atoms in total. The number of rotatable bonds is 8. The molecule has 0 N–H and O–H groups in total. The van der Waals surface area contributed by atoms with E-state index in [1.54, 1.807) is 0 Å². The maximum atomic E-state index is 6.44. The Hall–Kier alpha value is -7.62. The molecule has 0 aliphatic rings. The lowest BCUT2D eigenvalue weighted by atomic mass is 9.94. The van der Waals surface area contributed by atoms with Crippen LogP contribution in [0, 0.1) is 0 Å². The van der Waals surface area contributed by atoms with E-state index in [2.05, 4.69) is 181 Å². The fraction of sp³-hybridized carbons (Fsp3) is 0.0182. The highest BCUT2D eigenvalue weighted by molar-refractivity contribution is 6.25. The van der Waals surface area contributed by atoms with Crippen LogP contribution < -0.4 is 4.90 Å². The van der Waals surface area contributed by atoms with Gasteiger partial charge in [0.2, 0.25) is 0 Å². The molecular formula is C55H37NO2. The Labute approximate surface area is 335 Å². The van der Waals surface area contributed by atoms with Gasteiger partial charge in [0.25, 0.3) is 0 Å². The molecule has 2 heterocycles. The molecule has 0 amide bonds. The second-order valence-electron chi connectivity index (χ2n) is 14.8. The number of nitrogens with zero attached hydrogens (tertiary/aromatic N) is 1. The highest BCUT2D eigenvalue weighted by atomic mass is 16.3. The van der Waals surface area contributed by atoms with Gasteiger partial charge < -0.3 is 13.7 Å². The number of furan rings is 2. The van der Waals surface area contributed by atoms with Gasteiger partial charge in [-0.05, 0) is 98.4 Å². The zero-order chi connectivity index (χ0) is 38.6. The van der Waals surface area contributed by atoms with Crippen LogP contribution in [0.25, 0.3) is 87.3 Å². The van der Waals surface area contributed by atoms with Crippen molar-refractivity contribution in [2.75, 3.05) is 4.90 Å². The van der Waals surface area contributed by atoms with Gasteiger partial charge in [-0.15, -0.1) is 0 Å². The van der Waals surface area contributed by atoms with E-state index >= 15 is 0 Å². The maximum Gasteiger partial charge on any atom is 0.143 e. The summed E-state index contributed by atoms with van der Waals surface area (Å²) >= 11 is 0. The van der Waals surface area contributed by atoms with Crippen LogP contribution in [0.15, 0.2) is 221 Å². The Morgan fingerprint density at radius 3 is 1.64 bits per heavy atom. The molecule has 0 saturated heterocycles. The van der Waals surface area contributed by atoms with E-state index in [9.17, 15) is 0 Å². The Bertz CT molecular complexity index is 3420. The average molecular weight is 744 g/mol. The van der Waals surface area contributed by atoms with Gasteiger partial charge in [-0.1, -0.05) is 158 Å². The molecule has 9 aromatic carbocycles. The van der Waals surface area contributed by atoms with Crippen molar-refractivity contribution in [3.63, 3.8) is 0 Å². The molecule has 3 heteroatoms. The van der Waals surface area contributed by atoms with Crippen molar-refractivity contribution in [2.24, 2.45) is 0 Å². The normalized spacial score (nSPS) is 12.3. The minimum atomic E-state index is 0.703. The van der Waals surface area contributed by atoms with E-state index in [4.69, 9.17) is 8.83 Å². The van der Waals surface area contributed by atoms with Crippen LogP contribution in [0.5, 0.6) is 0 Å². The topological polar surface area (TPSA) is 29.5 Å². The molecule has 0 unspecified atom stereocenters. The first-order valence-electron chi connectivity index (χ1n) is 19.8. The van der Waals surface area contributed by atoms with E-state index < -0.39 is 0 Å². The van der Waals surface area contributed by atoms with Gasteiger partial charge in [-0.25, -0.2) is 0 Å². The molecule has 11 aromatic rings. The molecule has 0 saturated carbocycles. The van der Waals surface area contributed by atoms with Crippen molar-refractivity contribution in [3.8, 4) is 11.1 Å². The standard InChI is InChI=1S/C55H37NO2/c1-2-14-38(17-11-15-37-16-12-25-49-47-22-7-9-27-52(47)57-54(37)49)56(40-33-34-46-44-20-4-3-18-42(44)43-19-5-6-21-45(43)51(46)35-40)39-31-29-36(30-32-39)41-24-13-26-50-48-23-8-10-28-53(48)58-55(41)50/h2-14,16-35H,1,15H2/b17-11-,38-14+. The fourth-order valence-corrected chi connectivity index (χ4v) is 8.84. The van der Waals surface area contributed by atoms with Crippen LogP contribution in [0.3, 0.4) is 0 Å². The van der Waals surface area contributed by atoms with Crippen LogP contribution in [0.2, 0.25) is 0 Å². The maximum absolute atomic E-state index is 6.44. The molecule has 58 heavy (non-hydrogen) atoms. The largest absolute Gasteiger partial charge is 0.456 e. The predicted molar refractivity (Wildman–Crippen MR) is 245 cm³/mol. The van der Waals surface area contributed by atoms with Crippen molar-refractivity contribution < 1.29 is 8.83 Å². The van der Waals surface area contributed by atoms with Crippen molar-refractivity contribution >= 4 is 87.6 Å². The Balaban J connectivity index is 1.05. The third kappa shape index (κ3) is 5.51. The average Bonchev–Trinajstić information content (AvgIpc) is 3.86. The summed E-state index contributed by atoms with van der Waals surface area (Å²) < 4.78 is 12.8. The van der Waals surface area contributed by atoms with Gasteiger partial charge in [0.05, 0.1) is 0 Å². The van der Waals surface area contributed by atoms with Crippen molar-refractivity contribution in [2.45, 2.75) is 6.42 Å². The SMILES string of the molecule is C=C/C=C(\C=C/Cc1cccc2c1oc1ccccc12)N(c1ccc(-c2cccc3c2oc2ccccc23)cc1)c1ccc2c3ccccc3c3ccccc3c2c1. The minimum absolute atomic E-state index is 0.703. The Morgan fingerprint density at radius 1 is 0.466 bits per heavy atom. The third-order valence-electron chi connectivity index (χ3n) is 11.5. The van der Waals surface area contributed by atoms with Gasteiger partial charge in [-0.2, -0.15) is 0 Å². The molecule has 0 radical (unpaired) electrons. The minimum Gasteiger partial charge on any atom is -0.456 e. The number of para-hydroxylation sites is 4. The van der Waals surface area contributed by atoms with Crippen LogP contribution in [0.1, 0.15) is 5.56 Å². The summed E-state index contributed by atoms with van der Waals surface area (Å²) in [5.41, 5.74) is 10.0. The Kier molecular flexibility index (Phi) is 8.04. The first-order chi connectivity index (χ1) is 28.7. The number of fused-ring (bicyclic) bond motifs is 12. The van der Waals surface area contributed by atoms with Crippen molar-refractivity contribution in [1.29, 1.82) is 0 Å². The molecule has 0 atom stereocenters. The van der Waals surface area contributed by atoms with Gasteiger partial charge in [-0.3, -0.25) is 0 Å². The fourth-order valence-electron chi connectivity index (χ4n) is 8.84. The summed E-state index contributed by atoms with van der Waals surface area (Å²) in [6, 6.07) is 62.5. The quantitative estimate of drug-likeness (QED) is 0.115. The van der Waals surface area contributed by atoms with Crippen molar-refractivity contribution in [3.05, 3.63) is 218 Å². The lowest BCUT2D eigenvalue weighted by molar-refractivity contribution is 0.664. The van der Waals surface area contributed by atoms with E-state index in [-0.39, 0.29) is 0 Å². The molecular weight excluding hydrogens is 707 g/mol. The van der Waals surface area contributed by atoms with Gasteiger partial charge in [0.1, 0.15) is 22.3 Å². The summed E-state index contributed by atoms with van der Waals surface area (Å²) in [4.78, 5) is 2.33. The molecule has 0 bridgehead atoms. The summed E-state index contributed by atoms with van der Waals surface area (Å²) in [6.07, 6.45) is 9.09. The summed E-state index contributed by atoms with van der Waals surface area (Å²) in [5, 5.41) is 12.0. The van der Waals surface area contributed by atoms with Gasteiger partial charge >= 0.3 is 0 Å². The third-order valence-corrected chi connectivity index (χ3v) is 11.5. The zero-order valence-electron chi connectivity index (χ0n) is 31.7. The molecule has 0 spiro atoms. The zero-order valence-corrected chi connectivity index (χ0v) is 31.7. The second-order valence-corrected chi connectivity index (χ2v) is 14.8. The van der Waals surface area contributed by atoms with Crippen LogP contribution in [0.4, 0.5) is 11.4 Å². The highest BCUT2D eigenvalue weighted by Gasteiger charge is 2.18. The second kappa shape index (κ2) is 13.8.